The molecule has 0 saturated heterocycles. The molecule has 0 amide bonds. The Morgan fingerprint density at radius 2 is 0.882 bits per heavy atom. The van der Waals surface area contributed by atoms with Gasteiger partial charge in [0.1, 0.15) is 12.4 Å². The number of aryl methyl sites for hydroxylation is 2. The second kappa shape index (κ2) is 23.9. The zero-order valence-electron chi connectivity index (χ0n) is 23.9. The van der Waals surface area contributed by atoms with E-state index < -0.39 is 0 Å². The van der Waals surface area contributed by atoms with Crippen LogP contribution in [0.4, 0.5) is 0 Å². The van der Waals surface area contributed by atoms with E-state index in [0.717, 1.165) is 6.54 Å². The van der Waals surface area contributed by atoms with Gasteiger partial charge in [0.2, 0.25) is 0 Å². The summed E-state index contributed by atoms with van der Waals surface area (Å²) >= 11 is 0. The Labute approximate surface area is 215 Å². The molecule has 0 saturated carbocycles. The van der Waals surface area contributed by atoms with Gasteiger partial charge in [-0.3, -0.25) is 0 Å². The summed E-state index contributed by atoms with van der Waals surface area (Å²) in [5, 5.41) is 0. The van der Waals surface area contributed by atoms with Crippen LogP contribution in [0.3, 0.4) is 0 Å². The normalized spacial score (nSPS) is 11.5. The van der Waals surface area contributed by atoms with Crippen LogP contribution in [0, 0.1) is 0 Å². The fraction of sp³-hybridized carbons (Fsp3) is 0.906. The van der Waals surface area contributed by atoms with Crippen LogP contribution in [0.15, 0.2) is 12.4 Å². The molecule has 0 aliphatic rings. The van der Waals surface area contributed by atoms with E-state index in [4.69, 9.17) is 0 Å². The molecule has 1 aromatic rings. The number of hydrogen-bond acceptors (Lipinski definition) is 0. The molecule has 1 aromatic heterocycles. The van der Waals surface area contributed by atoms with E-state index >= 15 is 0 Å². The monoisotopic (exact) mass is 475 g/mol. The van der Waals surface area contributed by atoms with Crippen LogP contribution in [-0.2, 0) is 19.5 Å². The Kier molecular flexibility index (Phi) is 22.0. The van der Waals surface area contributed by atoms with Gasteiger partial charge in [-0.1, -0.05) is 142 Å². The van der Waals surface area contributed by atoms with Gasteiger partial charge in [0.25, 0.3) is 5.82 Å². The second-order valence-electron chi connectivity index (χ2n) is 10.9. The number of rotatable bonds is 26. The Morgan fingerprint density at radius 3 is 1.29 bits per heavy atom. The second-order valence-corrected chi connectivity index (χ2v) is 10.9. The first-order valence-electron chi connectivity index (χ1n) is 15.9. The summed E-state index contributed by atoms with van der Waals surface area (Å²) in [6, 6.07) is 0. The lowest BCUT2D eigenvalue weighted by atomic mass is 10.0. The summed E-state index contributed by atoms with van der Waals surface area (Å²) in [7, 11) is 0. The predicted octanol–water partition coefficient (Wildman–Crippen LogP) is 10.4. The third-order valence-electron chi connectivity index (χ3n) is 7.69. The smallest absolute Gasteiger partial charge is 0.235 e. The van der Waals surface area contributed by atoms with Gasteiger partial charge < -0.3 is 0 Å². The van der Waals surface area contributed by atoms with Crippen LogP contribution >= 0.6 is 0 Å². The maximum Gasteiger partial charge on any atom is 0.256 e. The molecule has 34 heavy (non-hydrogen) atoms. The van der Waals surface area contributed by atoms with Gasteiger partial charge in [-0.15, -0.1) is 0 Å². The fourth-order valence-electron chi connectivity index (χ4n) is 5.35. The SMILES string of the molecule is CCCCCCCCCCCCCCCc1n(CC)cc[n+]1CCCCCCCCCCCC. The number of aromatic nitrogens is 2. The maximum atomic E-state index is 2.56. The van der Waals surface area contributed by atoms with Crippen LogP contribution < -0.4 is 4.57 Å². The highest BCUT2D eigenvalue weighted by molar-refractivity contribution is 4.83. The van der Waals surface area contributed by atoms with E-state index in [1.165, 1.54) is 161 Å². The minimum absolute atomic E-state index is 1.11. The van der Waals surface area contributed by atoms with E-state index in [-0.39, 0.29) is 0 Å². The summed E-state index contributed by atoms with van der Waals surface area (Å²) in [4.78, 5) is 0. The number of imidazole rings is 1. The van der Waals surface area contributed by atoms with Crippen molar-refractivity contribution in [3.8, 4) is 0 Å². The van der Waals surface area contributed by atoms with E-state index in [1.807, 2.05) is 0 Å². The highest BCUT2D eigenvalue weighted by atomic mass is 15.1. The number of hydrogen-bond donors (Lipinski definition) is 0. The summed E-state index contributed by atoms with van der Waals surface area (Å²) in [6.07, 6.45) is 38.8. The summed E-state index contributed by atoms with van der Waals surface area (Å²) in [6.45, 7) is 9.23. The Hall–Kier alpha value is -0.790. The van der Waals surface area contributed by atoms with Crippen LogP contribution in [0.1, 0.15) is 174 Å². The Morgan fingerprint density at radius 1 is 0.500 bits per heavy atom. The van der Waals surface area contributed by atoms with E-state index in [2.05, 4.69) is 42.3 Å². The number of nitrogens with zero attached hydrogens (tertiary/aromatic N) is 2. The molecule has 1 heterocycles. The molecular weight excluding hydrogens is 412 g/mol. The molecule has 0 spiro atoms. The summed E-state index contributed by atoms with van der Waals surface area (Å²) < 4.78 is 5.05. The van der Waals surface area contributed by atoms with Crippen molar-refractivity contribution in [2.24, 2.45) is 0 Å². The zero-order valence-corrected chi connectivity index (χ0v) is 23.9. The van der Waals surface area contributed by atoms with Crippen molar-refractivity contribution in [3.05, 3.63) is 18.2 Å². The summed E-state index contributed by atoms with van der Waals surface area (Å²) in [5.74, 6) is 1.57. The first kappa shape index (κ1) is 31.2. The molecule has 0 aromatic carbocycles. The third kappa shape index (κ3) is 16.8. The van der Waals surface area contributed by atoms with Gasteiger partial charge in [0, 0.05) is 6.42 Å². The van der Waals surface area contributed by atoms with Gasteiger partial charge in [-0.2, -0.15) is 0 Å². The van der Waals surface area contributed by atoms with E-state index in [9.17, 15) is 0 Å². The fourth-order valence-corrected chi connectivity index (χ4v) is 5.35. The van der Waals surface area contributed by atoms with Gasteiger partial charge in [0.15, 0.2) is 0 Å². The first-order chi connectivity index (χ1) is 16.8. The molecule has 0 atom stereocenters. The highest BCUT2D eigenvalue weighted by Crippen LogP contribution is 2.14. The standard InChI is InChI=1S/C32H63N2/c1-4-7-9-11-13-15-17-18-19-20-22-24-26-28-32-33(6-3)30-31-34(32)29-27-25-23-21-16-14-12-10-8-5-2/h30-31H,4-29H2,1-3H3/q+1. The molecule has 0 N–H and O–H groups in total. The van der Waals surface area contributed by atoms with Crippen LogP contribution in [0.25, 0.3) is 0 Å². The zero-order chi connectivity index (χ0) is 24.5. The van der Waals surface area contributed by atoms with Crippen molar-refractivity contribution < 1.29 is 4.57 Å². The lowest BCUT2D eigenvalue weighted by Crippen LogP contribution is -2.37. The molecule has 0 bridgehead atoms. The van der Waals surface area contributed by atoms with Crippen molar-refractivity contribution in [1.29, 1.82) is 0 Å². The quantitative estimate of drug-likeness (QED) is 0.0930. The topological polar surface area (TPSA) is 8.81 Å². The first-order valence-corrected chi connectivity index (χ1v) is 15.9. The minimum Gasteiger partial charge on any atom is -0.235 e. The van der Waals surface area contributed by atoms with Gasteiger partial charge in [0.05, 0.1) is 13.1 Å². The van der Waals surface area contributed by atoms with E-state index in [1.54, 1.807) is 5.82 Å². The summed E-state index contributed by atoms with van der Waals surface area (Å²) in [5.41, 5.74) is 0. The van der Waals surface area contributed by atoms with Crippen LogP contribution in [0.2, 0.25) is 0 Å². The van der Waals surface area contributed by atoms with Crippen molar-refractivity contribution in [1.82, 2.24) is 4.57 Å². The molecule has 0 aliphatic heterocycles. The minimum atomic E-state index is 1.11. The average molecular weight is 476 g/mol. The molecule has 0 radical (unpaired) electrons. The molecule has 0 unspecified atom stereocenters. The molecule has 200 valence electrons. The van der Waals surface area contributed by atoms with Crippen molar-refractivity contribution in [3.63, 3.8) is 0 Å². The van der Waals surface area contributed by atoms with Crippen molar-refractivity contribution in [2.45, 2.75) is 188 Å². The molecule has 0 fully saturated rings. The third-order valence-corrected chi connectivity index (χ3v) is 7.69. The van der Waals surface area contributed by atoms with Gasteiger partial charge in [-0.25, -0.2) is 9.13 Å². The lowest BCUT2D eigenvalue weighted by Gasteiger charge is -2.06. The maximum absolute atomic E-state index is 2.56. The predicted molar refractivity (Wildman–Crippen MR) is 152 cm³/mol. The lowest BCUT2D eigenvalue weighted by molar-refractivity contribution is -0.704. The number of unbranched alkanes of at least 4 members (excludes halogenated alkanes) is 21. The Balaban J connectivity index is 2.04. The highest BCUT2D eigenvalue weighted by Gasteiger charge is 2.15. The van der Waals surface area contributed by atoms with Crippen molar-refractivity contribution >= 4 is 0 Å². The Bertz CT molecular complexity index is 533. The van der Waals surface area contributed by atoms with Gasteiger partial charge in [-0.05, 0) is 26.2 Å². The molecule has 0 aliphatic carbocycles. The molecule has 2 nitrogen and oxygen atoms in total. The van der Waals surface area contributed by atoms with Crippen molar-refractivity contribution in [2.75, 3.05) is 0 Å². The average Bonchev–Trinajstić information content (AvgIpc) is 3.24. The van der Waals surface area contributed by atoms with Crippen LogP contribution in [0.5, 0.6) is 0 Å². The molecule has 1 rings (SSSR count). The molecule has 2 heteroatoms. The van der Waals surface area contributed by atoms with Gasteiger partial charge >= 0.3 is 0 Å². The van der Waals surface area contributed by atoms with E-state index in [0.29, 0.717) is 0 Å². The van der Waals surface area contributed by atoms with Crippen LogP contribution in [-0.4, -0.2) is 4.57 Å². The molecular formula is C32H63N2+. The largest absolute Gasteiger partial charge is 0.256 e.